The Morgan fingerprint density at radius 3 is 2.54 bits per heavy atom. The lowest BCUT2D eigenvalue weighted by Gasteiger charge is -2.38. The third kappa shape index (κ3) is 6.27. The number of anilines is 4. The smallest absolute Gasteiger partial charge is 0.251 e. The first kappa shape index (κ1) is 29.1. The van der Waals surface area contributed by atoms with Gasteiger partial charge in [-0.1, -0.05) is 26.2 Å². The van der Waals surface area contributed by atoms with Gasteiger partial charge in [-0.2, -0.15) is 4.98 Å². The number of benzene rings is 1. The van der Waals surface area contributed by atoms with Crippen molar-refractivity contribution in [1.29, 1.82) is 0 Å². The summed E-state index contributed by atoms with van der Waals surface area (Å²) in [5.74, 6) is 1.70. The number of hydrogen-bond donors (Lipinski definition) is 2. The molecule has 5 rings (SSSR count). The molecule has 10 nitrogen and oxygen atoms in total. The number of carbonyl (C=O) groups is 2. The van der Waals surface area contributed by atoms with Crippen LogP contribution in [0.1, 0.15) is 76.1 Å². The molecule has 3 heterocycles. The zero-order valence-electron chi connectivity index (χ0n) is 25.2. The number of methoxy groups -OCH3 is 1. The molecule has 0 bridgehead atoms. The number of likely N-dealkylation sites (tertiary alicyclic amines) is 1. The standard InChI is InChI=1S/C31H45N7O3/c1-6-37-16-14-22(15-17-37)33-28(39)21-12-13-24(26(18-21)41-5)34-30-32-19-25-27(35-30)38(23-10-8-7-9-11-23)20-31(2,3)29(40)36(25)4/h12-13,18-19,22-23H,6-11,14-17,20H2,1-5H3,(H,33,39)(H,32,34,35). The summed E-state index contributed by atoms with van der Waals surface area (Å²) in [6.45, 7) is 9.86. The topological polar surface area (TPSA) is 103 Å². The first-order chi connectivity index (χ1) is 19.7. The van der Waals surface area contributed by atoms with E-state index in [0.29, 0.717) is 35.5 Å². The minimum atomic E-state index is -0.548. The first-order valence-electron chi connectivity index (χ1n) is 15.1. The molecule has 2 aromatic rings. The second-order valence-corrected chi connectivity index (χ2v) is 12.3. The summed E-state index contributed by atoms with van der Waals surface area (Å²) in [6.07, 6.45) is 9.46. The van der Waals surface area contributed by atoms with E-state index < -0.39 is 5.41 Å². The van der Waals surface area contributed by atoms with E-state index in [9.17, 15) is 9.59 Å². The maximum atomic E-state index is 13.3. The second-order valence-electron chi connectivity index (χ2n) is 12.3. The fourth-order valence-electron chi connectivity index (χ4n) is 6.42. The zero-order valence-corrected chi connectivity index (χ0v) is 25.2. The molecule has 2 aliphatic heterocycles. The number of aromatic nitrogens is 2. The Morgan fingerprint density at radius 1 is 1.12 bits per heavy atom. The molecule has 0 spiro atoms. The summed E-state index contributed by atoms with van der Waals surface area (Å²) in [4.78, 5) is 42.3. The Hall–Kier alpha value is -3.40. The van der Waals surface area contributed by atoms with E-state index in [1.54, 1.807) is 30.3 Å². The SMILES string of the molecule is CCN1CCC(NC(=O)c2ccc(Nc3ncc4c(n3)N(C3CCCCC3)CC(C)(C)C(=O)N4C)c(OC)c2)CC1. The van der Waals surface area contributed by atoms with Gasteiger partial charge in [-0.25, -0.2) is 4.98 Å². The van der Waals surface area contributed by atoms with Crippen LogP contribution in [-0.4, -0.2) is 79.1 Å². The molecule has 10 heteroatoms. The van der Waals surface area contributed by atoms with Crippen molar-refractivity contribution in [2.75, 3.05) is 55.5 Å². The predicted octanol–water partition coefficient (Wildman–Crippen LogP) is 4.58. The largest absolute Gasteiger partial charge is 0.495 e. The van der Waals surface area contributed by atoms with Gasteiger partial charge in [-0.05, 0) is 64.3 Å². The predicted molar refractivity (Wildman–Crippen MR) is 162 cm³/mol. The molecular formula is C31H45N7O3. The molecule has 2 N–H and O–H groups in total. The van der Waals surface area contributed by atoms with Crippen molar-refractivity contribution in [3.8, 4) is 5.75 Å². The van der Waals surface area contributed by atoms with Gasteiger partial charge in [0.2, 0.25) is 11.9 Å². The number of ether oxygens (including phenoxy) is 1. The monoisotopic (exact) mass is 563 g/mol. The van der Waals surface area contributed by atoms with Gasteiger partial charge in [-0.15, -0.1) is 0 Å². The van der Waals surface area contributed by atoms with Crippen LogP contribution in [0.15, 0.2) is 24.4 Å². The van der Waals surface area contributed by atoms with Crippen molar-refractivity contribution in [3.05, 3.63) is 30.0 Å². The van der Waals surface area contributed by atoms with E-state index >= 15 is 0 Å². The van der Waals surface area contributed by atoms with E-state index in [1.165, 1.54) is 19.3 Å². The number of fused-ring (bicyclic) bond motifs is 1. The van der Waals surface area contributed by atoms with Gasteiger partial charge in [-0.3, -0.25) is 9.59 Å². The van der Waals surface area contributed by atoms with Crippen molar-refractivity contribution in [2.45, 2.75) is 77.8 Å². The summed E-state index contributed by atoms with van der Waals surface area (Å²) >= 11 is 0. The molecule has 2 fully saturated rings. The van der Waals surface area contributed by atoms with Crippen LogP contribution in [0, 0.1) is 5.41 Å². The average molecular weight is 564 g/mol. The average Bonchev–Trinajstić information content (AvgIpc) is 3.06. The molecular weight excluding hydrogens is 518 g/mol. The zero-order chi connectivity index (χ0) is 29.1. The molecule has 1 aliphatic carbocycles. The van der Waals surface area contributed by atoms with E-state index in [1.807, 2.05) is 27.0 Å². The van der Waals surface area contributed by atoms with Crippen LogP contribution in [0.3, 0.4) is 0 Å². The normalized spacial score (nSPS) is 20.4. The third-order valence-electron chi connectivity index (χ3n) is 8.93. The van der Waals surface area contributed by atoms with Crippen molar-refractivity contribution >= 4 is 35.0 Å². The summed E-state index contributed by atoms with van der Waals surface area (Å²) in [5, 5.41) is 6.50. The van der Waals surface area contributed by atoms with Gasteiger partial charge >= 0.3 is 0 Å². The fourth-order valence-corrected chi connectivity index (χ4v) is 6.42. The molecule has 0 atom stereocenters. The Balaban J connectivity index is 1.37. The van der Waals surface area contributed by atoms with Gasteiger partial charge in [0.05, 0.1) is 24.4 Å². The number of nitrogens with one attached hydrogen (secondary N) is 2. The highest BCUT2D eigenvalue weighted by Crippen LogP contribution is 2.40. The number of amides is 2. The number of piperidine rings is 1. The molecule has 1 aromatic carbocycles. The maximum Gasteiger partial charge on any atom is 0.251 e. The quantitative estimate of drug-likeness (QED) is 0.505. The van der Waals surface area contributed by atoms with Gasteiger partial charge in [0.15, 0.2) is 5.82 Å². The van der Waals surface area contributed by atoms with Crippen molar-refractivity contribution in [2.24, 2.45) is 5.41 Å². The summed E-state index contributed by atoms with van der Waals surface area (Å²) < 4.78 is 5.67. The van der Waals surface area contributed by atoms with E-state index in [4.69, 9.17) is 9.72 Å². The number of hydrogen-bond acceptors (Lipinski definition) is 8. The summed E-state index contributed by atoms with van der Waals surface area (Å²) in [5.41, 5.74) is 1.40. The van der Waals surface area contributed by atoms with Gasteiger partial charge in [0.25, 0.3) is 5.91 Å². The molecule has 41 heavy (non-hydrogen) atoms. The highest BCUT2D eigenvalue weighted by atomic mass is 16.5. The van der Waals surface area contributed by atoms with Crippen LogP contribution in [0.2, 0.25) is 0 Å². The molecule has 222 valence electrons. The van der Waals surface area contributed by atoms with E-state index in [0.717, 1.165) is 56.8 Å². The molecule has 1 aromatic heterocycles. The Morgan fingerprint density at radius 2 is 1.85 bits per heavy atom. The number of rotatable bonds is 7. The molecule has 0 unspecified atom stereocenters. The highest BCUT2D eigenvalue weighted by Gasteiger charge is 2.41. The fraction of sp³-hybridized carbons (Fsp3) is 0.613. The number of carbonyl (C=O) groups excluding carboxylic acids is 2. The Labute approximate surface area is 243 Å². The van der Waals surface area contributed by atoms with Gasteiger partial charge in [0.1, 0.15) is 11.4 Å². The minimum Gasteiger partial charge on any atom is -0.495 e. The molecule has 1 saturated carbocycles. The van der Waals surface area contributed by atoms with E-state index in [-0.39, 0.29) is 17.9 Å². The lowest BCUT2D eigenvalue weighted by molar-refractivity contribution is -0.125. The van der Waals surface area contributed by atoms with Crippen LogP contribution in [-0.2, 0) is 4.79 Å². The van der Waals surface area contributed by atoms with Crippen molar-refractivity contribution in [3.63, 3.8) is 0 Å². The van der Waals surface area contributed by atoms with Crippen LogP contribution >= 0.6 is 0 Å². The Bertz CT molecular complexity index is 1250. The molecule has 3 aliphatic rings. The number of nitrogens with zero attached hydrogens (tertiary/aromatic N) is 5. The molecule has 0 radical (unpaired) electrons. The lowest BCUT2D eigenvalue weighted by Crippen LogP contribution is -2.46. The summed E-state index contributed by atoms with van der Waals surface area (Å²) in [6, 6.07) is 5.91. The van der Waals surface area contributed by atoms with Crippen molar-refractivity contribution in [1.82, 2.24) is 20.2 Å². The van der Waals surface area contributed by atoms with Gasteiger partial charge < -0.3 is 30.1 Å². The lowest BCUT2D eigenvalue weighted by atomic mass is 9.88. The van der Waals surface area contributed by atoms with Crippen molar-refractivity contribution < 1.29 is 14.3 Å². The first-order valence-corrected chi connectivity index (χ1v) is 15.1. The summed E-state index contributed by atoms with van der Waals surface area (Å²) in [7, 11) is 3.40. The maximum absolute atomic E-state index is 13.3. The minimum absolute atomic E-state index is 0.0628. The third-order valence-corrected chi connectivity index (χ3v) is 8.93. The highest BCUT2D eigenvalue weighted by molar-refractivity contribution is 6.01. The molecule has 2 amide bonds. The van der Waals surface area contributed by atoms with Gasteiger partial charge in [0, 0.05) is 44.3 Å². The van der Waals surface area contributed by atoms with E-state index in [2.05, 4.69) is 32.3 Å². The van der Waals surface area contributed by atoms with Crippen LogP contribution in [0.5, 0.6) is 5.75 Å². The van der Waals surface area contributed by atoms with Crippen LogP contribution in [0.25, 0.3) is 0 Å². The molecule has 1 saturated heterocycles. The van der Waals surface area contributed by atoms with Crippen LogP contribution < -0.4 is 25.2 Å². The second kappa shape index (κ2) is 12.2. The Kier molecular flexibility index (Phi) is 8.68. The van der Waals surface area contributed by atoms with Crippen LogP contribution in [0.4, 0.5) is 23.1 Å².